The predicted molar refractivity (Wildman–Crippen MR) is 352 cm³/mol. The third kappa shape index (κ3) is 32.6. The first-order chi connectivity index (χ1) is 44.9. The van der Waals surface area contributed by atoms with Crippen LogP contribution in [0.4, 0.5) is 0 Å². The topological polar surface area (TPSA) is 373 Å². The summed E-state index contributed by atoms with van der Waals surface area (Å²) < 4.78 is 34.8. The number of aliphatic hydroxyl groups excluding tert-OH is 11. The van der Waals surface area contributed by atoms with E-state index >= 15 is 0 Å². The number of rotatable bonds is 55. The van der Waals surface area contributed by atoms with Crippen LogP contribution in [0.25, 0.3) is 0 Å². The quantitative estimate of drug-likeness (QED) is 0.0211. The van der Waals surface area contributed by atoms with Gasteiger partial charge in [-0.3, -0.25) is 9.59 Å². The Kier molecular flexibility index (Phi) is 45.9. The van der Waals surface area contributed by atoms with Crippen LogP contribution >= 0.6 is 0 Å². The zero-order valence-electron chi connectivity index (χ0n) is 56.9. The highest BCUT2D eigenvalue weighted by atomic mass is 16.8. The SMILES string of the molecule is CCCCCCCCC/C=C\CCCCCCCC(=O)NC(COC1OC(CO)C(OC2OC(CO)C(O)C(OC3(C(=O)O)CC(O)C(NC(C)=O)C(C(O)C(O)CO)O3)C2O)C(O)C1O)C(O)/C=C/CCCCCCCCCCCCCCCCCCCCCCC. The minimum atomic E-state index is -3.08. The lowest BCUT2D eigenvalue weighted by atomic mass is 9.88. The summed E-state index contributed by atoms with van der Waals surface area (Å²) in [6.07, 6.45) is 22.2. The van der Waals surface area contributed by atoms with E-state index < -0.39 is 155 Å². The van der Waals surface area contributed by atoms with Crippen molar-refractivity contribution >= 4 is 17.8 Å². The lowest BCUT2D eigenvalue weighted by molar-refractivity contribution is -0.386. The average molecular weight is 1330 g/mol. The Hall–Kier alpha value is -2.79. The minimum Gasteiger partial charge on any atom is -0.477 e. The van der Waals surface area contributed by atoms with E-state index in [-0.39, 0.29) is 12.3 Å². The molecule has 3 aliphatic rings. The molecule has 2 amide bonds. The van der Waals surface area contributed by atoms with E-state index in [1.807, 2.05) is 6.08 Å². The van der Waals surface area contributed by atoms with E-state index in [0.29, 0.717) is 12.8 Å². The lowest BCUT2D eigenvalue weighted by Gasteiger charge is -2.50. The third-order valence-electron chi connectivity index (χ3n) is 18.4. The van der Waals surface area contributed by atoms with Gasteiger partial charge in [0.15, 0.2) is 12.6 Å². The zero-order chi connectivity index (χ0) is 68.2. The summed E-state index contributed by atoms with van der Waals surface area (Å²) in [5.41, 5.74) is 0. The number of unbranched alkanes of at least 4 members (excludes halogenated alkanes) is 33. The number of hydrogen-bond donors (Lipinski definition) is 14. The number of carboxylic acids is 1. The molecule has 0 radical (unpaired) electrons. The Morgan fingerprint density at radius 1 is 0.559 bits per heavy atom. The van der Waals surface area contributed by atoms with Crippen LogP contribution in [0, 0.1) is 0 Å². The highest BCUT2D eigenvalue weighted by Crippen LogP contribution is 2.39. The van der Waals surface area contributed by atoms with Crippen molar-refractivity contribution in [2.75, 3.05) is 26.4 Å². The summed E-state index contributed by atoms with van der Waals surface area (Å²) in [5, 5.41) is 136. The van der Waals surface area contributed by atoms with E-state index in [2.05, 4.69) is 36.6 Å². The summed E-state index contributed by atoms with van der Waals surface area (Å²) >= 11 is 0. The monoisotopic (exact) mass is 1330 g/mol. The first kappa shape index (κ1) is 84.4. The molecule has 93 heavy (non-hydrogen) atoms. The smallest absolute Gasteiger partial charge is 0.364 e. The summed E-state index contributed by atoms with van der Waals surface area (Å²) in [6.45, 7) is 2.14. The Bertz CT molecular complexity index is 1970. The number of carbonyl (C=O) groups is 3. The lowest BCUT2D eigenvalue weighted by Crippen LogP contribution is -2.70. The summed E-state index contributed by atoms with van der Waals surface area (Å²) in [5.74, 6) is -6.15. The summed E-state index contributed by atoms with van der Waals surface area (Å²) in [6, 6.07) is -2.62. The van der Waals surface area contributed by atoms with Gasteiger partial charge in [-0.25, -0.2) is 4.79 Å². The van der Waals surface area contributed by atoms with Crippen LogP contribution in [0.15, 0.2) is 24.3 Å². The molecule has 18 unspecified atom stereocenters. The van der Waals surface area contributed by atoms with Crippen LogP contribution in [0.5, 0.6) is 0 Å². The molecular weight excluding hydrogens is 1200 g/mol. The van der Waals surface area contributed by atoms with Crippen LogP contribution < -0.4 is 10.6 Å². The van der Waals surface area contributed by atoms with Crippen LogP contribution in [0.1, 0.15) is 265 Å². The van der Waals surface area contributed by atoms with Gasteiger partial charge in [-0.1, -0.05) is 224 Å². The van der Waals surface area contributed by atoms with Crippen molar-refractivity contribution in [3.8, 4) is 0 Å². The first-order valence-electron chi connectivity index (χ1n) is 36.2. The molecule has 0 aliphatic carbocycles. The second-order valence-corrected chi connectivity index (χ2v) is 26.4. The van der Waals surface area contributed by atoms with Crippen molar-refractivity contribution in [3.05, 3.63) is 24.3 Å². The predicted octanol–water partition coefficient (Wildman–Crippen LogP) is 7.23. The number of allylic oxidation sites excluding steroid dienone is 3. The fraction of sp³-hybridized carbons (Fsp3) is 0.900. The maximum atomic E-state index is 13.5. The molecule has 0 aromatic rings. The molecule has 3 fully saturated rings. The van der Waals surface area contributed by atoms with Crippen molar-refractivity contribution in [1.29, 1.82) is 0 Å². The number of aliphatic carboxylic acids is 1. The maximum absolute atomic E-state index is 13.5. The number of ether oxygens (including phenoxy) is 6. The molecule has 0 spiro atoms. The van der Waals surface area contributed by atoms with Crippen molar-refractivity contribution in [3.63, 3.8) is 0 Å². The first-order valence-corrected chi connectivity index (χ1v) is 36.2. The van der Waals surface area contributed by atoms with E-state index in [9.17, 15) is 75.7 Å². The molecular formula is C70H128N2O21. The highest BCUT2D eigenvalue weighted by molar-refractivity contribution is 5.77. The van der Waals surface area contributed by atoms with Gasteiger partial charge < -0.3 is 100 Å². The van der Waals surface area contributed by atoms with Crippen LogP contribution in [0.2, 0.25) is 0 Å². The van der Waals surface area contributed by atoms with Crippen LogP contribution in [-0.2, 0) is 42.8 Å². The minimum absolute atomic E-state index is 0.191. The van der Waals surface area contributed by atoms with E-state index in [4.69, 9.17) is 28.4 Å². The fourth-order valence-corrected chi connectivity index (χ4v) is 12.6. The Morgan fingerprint density at radius 3 is 1.46 bits per heavy atom. The molecule has 14 N–H and O–H groups in total. The van der Waals surface area contributed by atoms with Crippen molar-refractivity contribution in [2.24, 2.45) is 0 Å². The second kappa shape index (κ2) is 50.5. The average Bonchev–Trinajstić information content (AvgIpc) is 0.782. The van der Waals surface area contributed by atoms with Gasteiger partial charge in [0.2, 0.25) is 11.8 Å². The van der Waals surface area contributed by atoms with E-state index in [0.717, 1.165) is 64.7 Å². The number of amides is 2. The van der Waals surface area contributed by atoms with E-state index in [1.54, 1.807) is 6.08 Å². The molecule has 0 aromatic carbocycles. The van der Waals surface area contributed by atoms with Gasteiger partial charge in [0.25, 0.3) is 5.79 Å². The Morgan fingerprint density at radius 2 is 1.01 bits per heavy atom. The van der Waals surface area contributed by atoms with Gasteiger partial charge in [0.05, 0.1) is 50.7 Å². The van der Waals surface area contributed by atoms with Gasteiger partial charge in [-0.15, -0.1) is 0 Å². The largest absolute Gasteiger partial charge is 0.477 e. The van der Waals surface area contributed by atoms with Crippen molar-refractivity contribution < 1.29 is 104 Å². The van der Waals surface area contributed by atoms with Crippen LogP contribution in [-0.4, -0.2) is 215 Å². The third-order valence-corrected chi connectivity index (χ3v) is 18.4. The normalized spacial score (nSPS) is 28.2. The number of aliphatic hydroxyl groups is 11. The maximum Gasteiger partial charge on any atom is 0.364 e. The Balaban J connectivity index is 1.58. The van der Waals surface area contributed by atoms with Crippen molar-refractivity contribution in [1.82, 2.24) is 10.6 Å². The van der Waals surface area contributed by atoms with Gasteiger partial charge in [0, 0.05) is 19.8 Å². The molecule has 23 heteroatoms. The molecule has 0 bridgehead atoms. The van der Waals surface area contributed by atoms with Crippen molar-refractivity contribution in [2.45, 2.75) is 375 Å². The number of nitrogens with one attached hydrogen (secondary N) is 2. The van der Waals surface area contributed by atoms with Gasteiger partial charge in [-0.05, 0) is 44.9 Å². The zero-order valence-corrected chi connectivity index (χ0v) is 56.9. The molecule has 3 rings (SSSR count). The van der Waals surface area contributed by atoms with Crippen LogP contribution in [0.3, 0.4) is 0 Å². The van der Waals surface area contributed by atoms with Gasteiger partial charge >= 0.3 is 5.97 Å². The van der Waals surface area contributed by atoms with Gasteiger partial charge in [0.1, 0.15) is 67.1 Å². The standard InChI is InChI=1S/C70H128N2O21/c1-4-6-8-10-12-14-16-18-20-22-23-24-25-26-27-28-29-31-33-35-37-39-41-43-52(77)51(72-57(80)44-42-40-38-36-34-32-30-21-19-17-15-13-11-9-7-5-2)49-88-67-62(84)61(83)64(56(48-75)90-67)91-68-63(85)66(60(82)55(47-74)89-68)93-70(69(86)87)45-53(78)58(71-50(3)76)65(92-70)59(81)54(79)46-73/h21,30,41,43,51-56,58-68,73-75,77-79,81-85H,4-20,22-29,31-40,42,44-49H2,1-3H3,(H,71,76)(H,72,80)(H,86,87)/b30-21-,43-41+. The van der Waals surface area contributed by atoms with E-state index in [1.165, 1.54) is 161 Å². The molecule has 18 atom stereocenters. The van der Waals surface area contributed by atoms with Gasteiger partial charge in [-0.2, -0.15) is 0 Å². The molecule has 23 nitrogen and oxygen atoms in total. The molecule has 544 valence electrons. The summed E-state index contributed by atoms with van der Waals surface area (Å²) in [4.78, 5) is 38.6. The molecule has 3 saturated heterocycles. The number of hydrogen-bond acceptors (Lipinski definition) is 20. The summed E-state index contributed by atoms with van der Waals surface area (Å²) in [7, 11) is 0. The number of carboxylic acid groups (broad SMARTS) is 1. The number of carbonyl (C=O) groups excluding carboxylic acids is 2. The highest BCUT2D eigenvalue weighted by Gasteiger charge is 2.60. The molecule has 0 aromatic heterocycles. The second-order valence-electron chi connectivity index (χ2n) is 26.4. The Labute approximate surface area is 555 Å². The molecule has 3 heterocycles. The fourth-order valence-electron chi connectivity index (χ4n) is 12.6. The molecule has 0 saturated carbocycles. The molecule has 3 aliphatic heterocycles.